The summed E-state index contributed by atoms with van der Waals surface area (Å²) >= 11 is 0. The summed E-state index contributed by atoms with van der Waals surface area (Å²) in [5.41, 5.74) is 0.273. The average molecular weight is 246 g/mol. The van der Waals surface area contributed by atoms with Crippen LogP contribution in [0.15, 0.2) is 30.3 Å². The van der Waals surface area contributed by atoms with Crippen molar-refractivity contribution >= 4 is 19.2 Å². The third-order valence-electron chi connectivity index (χ3n) is 2.94. The van der Waals surface area contributed by atoms with Gasteiger partial charge in [-0.1, -0.05) is 0 Å². The second kappa shape index (κ2) is 3.14. The number of amides is 2. The first-order valence-electron chi connectivity index (χ1n) is 4.99. The van der Waals surface area contributed by atoms with Crippen LogP contribution in [0.25, 0.3) is 0 Å². The van der Waals surface area contributed by atoms with Gasteiger partial charge in [0.1, 0.15) is 0 Å². The van der Waals surface area contributed by atoms with Crippen molar-refractivity contribution in [2.45, 2.75) is 6.92 Å². The number of hydrogen-bond donors (Lipinski definition) is 0. The van der Waals surface area contributed by atoms with Gasteiger partial charge in [0.05, 0.1) is 0 Å². The zero-order valence-electron chi connectivity index (χ0n) is 9.10. The van der Waals surface area contributed by atoms with Gasteiger partial charge in [-0.05, 0) is 0 Å². The molecular formula is C10H13F2N2OP. The molecule has 0 atom stereocenters. The van der Waals surface area contributed by atoms with Gasteiger partial charge in [-0.2, -0.15) is 0 Å². The van der Waals surface area contributed by atoms with Gasteiger partial charge in [0.2, 0.25) is 0 Å². The standard InChI is InChI=1S/C10H13F2N2OP/c1-3-16(11,12)13(2)10(15)14(16)9-7-5-4-6-8-9/h4-8H,3H2,1-2H3. The van der Waals surface area contributed by atoms with Crippen LogP contribution in [-0.4, -0.2) is 23.9 Å². The minimum absolute atomic E-state index is 0.273. The summed E-state index contributed by atoms with van der Waals surface area (Å²) in [7, 11) is -4.00. The quantitative estimate of drug-likeness (QED) is 0.729. The molecule has 1 fully saturated rings. The van der Waals surface area contributed by atoms with Gasteiger partial charge in [0, 0.05) is 0 Å². The number of urea groups is 1. The fraction of sp³-hybridized carbons (Fsp3) is 0.300. The van der Waals surface area contributed by atoms with Crippen molar-refractivity contribution in [2.75, 3.05) is 17.9 Å². The van der Waals surface area contributed by atoms with Crippen LogP contribution in [0.1, 0.15) is 6.92 Å². The Bertz CT molecular complexity index is 438. The van der Waals surface area contributed by atoms with Crippen molar-refractivity contribution in [2.24, 2.45) is 0 Å². The summed E-state index contributed by atoms with van der Waals surface area (Å²) in [6, 6.07) is 7.45. The molecule has 1 heterocycles. The van der Waals surface area contributed by atoms with Crippen molar-refractivity contribution in [3.63, 3.8) is 0 Å². The van der Waals surface area contributed by atoms with E-state index in [0.29, 0.717) is 9.34 Å². The Labute approximate surface area is 92.9 Å². The molecule has 1 aliphatic heterocycles. The van der Waals surface area contributed by atoms with E-state index in [1.165, 1.54) is 26.1 Å². The maximum atomic E-state index is 14.4. The van der Waals surface area contributed by atoms with Crippen molar-refractivity contribution in [3.05, 3.63) is 30.3 Å². The van der Waals surface area contributed by atoms with Crippen LogP contribution in [0.3, 0.4) is 0 Å². The Balaban J connectivity index is 2.47. The second-order valence-electron chi connectivity index (χ2n) is 3.75. The zero-order valence-corrected chi connectivity index (χ0v) is 9.99. The molecule has 0 spiro atoms. The Hall–Kier alpha value is -1.22. The van der Waals surface area contributed by atoms with Crippen molar-refractivity contribution < 1.29 is 13.2 Å². The van der Waals surface area contributed by atoms with Crippen LogP contribution in [0.2, 0.25) is 0 Å². The van der Waals surface area contributed by atoms with E-state index in [4.69, 9.17) is 0 Å². The number of para-hydroxylation sites is 1. The molecule has 1 saturated heterocycles. The summed E-state index contributed by atoms with van der Waals surface area (Å²) in [6.07, 6.45) is -0.317. The molecule has 0 aliphatic carbocycles. The number of rotatable bonds is 2. The Morgan fingerprint density at radius 3 is 2.31 bits per heavy atom. The third-order valence-corrected chi connectivity index (χ3v) is 6.46. The first kappa shape index (κ1) is 11.3. The van der Waals surface area contributed by atoms with Crippen LogP contribution < -0.4 is 4.67 Å². The SMILES string of the molecule is CCP1(F)(F)N(C)C(=O)N1c1ccccc1. The number of hydrogen-bond acceptors (Lipinski definition) is 1. The molecule has 2 amide bonds. The maximum absolute atomic E-state index is 14.4. The van der Waals surface area contributed by atoms with Gasteiger partial charge in [0.25, 0.3) is 0 Å². The van der Waals surface area contributed by atoms with Crippen molar-refractivity contribution in [3.8, 4) is 0 Å². The molecule has 88 valence electrons. The predicted molar refractivity (Wildman–Crippen MR) is 61.8 cm³/mol. The first-order valence-corrected chi connectivity index (χ1v) is 7.10. The van der Waals surface area contributed by atoms with Gasteiger partial charge in [-0.3, -0.25) is 0 Å². The molecular weight excluding hydrogens is 233 g/mol. The monoisotopic (exact) mass is 246 g/mol. The molecule has 0 radical (unpaired) electrons. The van der Waals surface area contributed by atoms with Crippen molar-refractivity contribution in [1.82, 2.24) is 4.67 Å². The molecule has 6 heteroatoms. The van der Waals surface area contributed by atoms with E-state index in [1.807, 2.05) is 0 Å². The number of benzene rings is 1. The fourth-order valence-electron chi connectivity index (χ4n) is 1.81. The van der Waals surface area contributed by atoms with Crippen molar-refractivity contribution in [1.29, 1.82) is 0 Å². The molecule has 1 aliphatic rings. The average Bonchev–Trinajstić information content (AvgIpc) is 2.30. The Morgan fingerprint density at radius 2 is 1.81 bits per heavy atom. The van der Waals surface area contributed by atoms with E-state index in [2.05, 4.69) is 0 Å². The number of anilines is 1. The van der Waals surface area contributed by atoms with Crippen LogP contribution in [0, 0.1) is 0 Å². The summed E-state index contributed by atoms with van der Waals surface area (Å²) in [5.74, 6) is 0. The van der Waals surface area contributed by atoms with E-state index in [-0.39, 0.29) is 11.8 Å². The number of halogens is 2. The predicted octanol–water partition coefficient (Wildman–Crippen LogP) is 3.73. The van der Waals surface area contributed by atoms with E-state index >= 15 is 0 Å². The summed E-state index contributed by atoms with van der Waals surface area (Å²) in [6.45, 7) is 1.41. The van der Waals surface area contributed by atoms with Gasteiger partial charge >= 0.3 is 92.2 Å². The Morgan fingerprint density at radius 1 is 1.25 bits per heavy atom. The molecule has 2 rings (SSSR count). The summed E-state index contributed by atoms with van der Waals surface area (Å²) < 4.78 is 30.1. The van der Waals surface area contributed by atoms with Crippen LogP contribution in [0.4, 0.5) is 18.9 Å². The fourth-order valence-corrected chi connectivity index (χ4v) is 4.12. The van der Waals surface area contributed by atoms with E-state index in [1.54, 1.807) is 18.2 Å². The number of carbonyl (C=O) groups excluding carboxylic acids is 1. The molecule has 0 aromatic heterocycles. The van der Waals surface area contributed by atoms with Gasteiger partial charge in [0.15, 0.2) is 0 Å². The Kier molecular flexibility index (Phi) is 2.21. The van der Waals surface area contributed by atoms with Crippen LogP contribution >= 0.6 is 7.53 Å². The topological polar surface area (TPSA) is 23.6 Å². The normalized spacial score (nSPS) is 24.5. The van der Waals surface area contributed by atoms with Gasteiger partial charge in [-0.15, -0.1) is 0 Å². The summed E-state index contributed by atoms with van der Waals surface area (Å²) in [4.78, 5) is 11.5. The van der Waals surface area contributed by atoms with E-state index in [0.717, 1.165) is 0 Å². The first-order chi connectivity index (χ1) is 7.41. The van der Waals surface area contributed by atoms with Gasteiger partial charge in [-0.25, -0.2) is 0 Å². The van der Waals surface area contributed by atoms with E-state index < -0.39 is 13.6 Å². The van der Waals surface area contributed by atoms with E-state index in [9.17, 15) is 13.2 Å². The van der Waals surface area contributed by atoms with Gasteiger partial charge < -0.3 is 0 Å². The second-order valence-corrected chi connectivity index (χ2v) is 7.33. The summed E-state index contributed by atoms with van der Waals surface area (Å²) in [5, 5.41) is 0. The molecule has 0 saturated carbocycles. The third kappa shape index (κ3) is 1.18. The minimum atomic E-state index is -5.17. The van der Waals surface area contributed by atoms with Crippen LogP contribution in [0.5, 0.6) is 0 Å². The van der Waals surface area contributed by atoms with Crippen LogP contribution in [-0.2, 0) is 0 Å². The molecule has 1 aromatic carbocycles. The molecule has 0 bridgehead atoms. The molecule has 0 N–H and O–H groups in total. The number of nitrogens with zero attached hydrogens (tertiary/aromatic N) is 2. The molecule has 1 aromatic rings. The molecule has 3 nitrogen and oxygen atoms in total. The molecule has 0 unspecified atom stereocenters. The number of carbonyl (C=O) groups is 1. The molecule has 16 heavy (non-hydrogen) atoms. The zero-order chi connectivity index (χ0) is 12.0.